The Morgan fingerprint density at radius 2 is 1.38 bits per heavy atom. The number of nitrogens with one attached hydrogen (secondary N) is 2. The summed E-state index contributed by atoms with van der Waals surface area (Å²) in [6, 6.07) is 16.5. The molecule has 1 aliphatic heterocycles. The Balaban J connectivity index is 1.35. The Hall–Kier alpha value is -3.15. The molecule has 0 radical (unpaired) electrons. The van der Waals surface area contributed by atoms with Crippen LogP contribution in [0, 0.1) is 0 Å². The van der Waals surface area contributed by atoms with Gasteiger partial charge < -0.3 is 10.6 Å². The van der Waals surface area contributed by atoms with Gasteiger partial charge in [0.1, 0.15) is 0 Å². The summed E-state index contributed by atoms with van der Waals surface area (Å²) in [6.45, 7) is 0.938. The van der Waals surface area contributed by atoms with E-state index in [1.807, 2.05) is 18.2 Å². The van der Waals surface area contributed by atoms with Gasteiger partial charge in [0.05, 0.1) is 11.1 Å². The predicted octanol–water partition coefficient (Wildman–Crippen LogP) is 2.21. The average molecular weight is 351 g/mol. The first-order valence-electron chi connectivity index (χ1n) is 8.67. The summed E-state index contributed by atoms with van der Waals surface area (Å²) in [7, 11) is 0. The van der Waals surface area contributed by atoms with Gasteiger partial charge in [0.2, 0.25) is 0 Å². The number of hydrogen-bond donors (Lipinski definition) is 2. The van der Waals surface area contributed by atoms with E-state index < -0.39 is 0 Å². The first kappa shape index (κ1) is 17.7. The zero-order chi connectivity index (χ0) is 18.4. The largest absolute Gasteiger partial charge is 0.338 e. The highest BCUT2D eigenvalue weighted by Crippen LogP contribution is 2.21. The third kappa shape index (κ3) is 4.08. The number of fused-ring (bicyclic) bond motifs is 1. The molecule has 0 aliphatic carbocycles. The van der Waals surface area contributed by atoms with E-state index in [4.69, 9.17) is 0 Å². The highest BCUT2D eigenvalue weighted by molar-refractivity contribution is 6.21. The number of hydrogen-bond acceptors (Lipinski definition) is 3. The Bertz CT molecular complexity index is 770. The van der Waals surface area contributed by atoms with Gasteiger partial charge in [-0.25, -0.2) is 4.79 Å². The fourth-order valence-electron chi connectivity index (χ4n) is 2.93. The minimum Gasteiger partial charge on any atom is -0.338 e. The molecule has 0 aromatic heterocycles. The molecule has 4 amide bonds. The first-order chi connectivity index (χ1) is 12.7. The number of nitrogens with zero attached hydrogens (tertiary/aromatic N) is 1. The maximum Gasteiger partial charge on any atom is 0.314 e. The van der Waals surface area contributed by atoms with Crippen LogP contribution >= 0.6 is 0 Å². The van der Waals surface area contributed by atoms with Crippen molar-refractivity contribution in [3.8, 4) is 0 Å². The van der Waals surface area contributed by atoms with Crippen molar-refractivity contribution in [2.24, 2.45) is 0 Å². The van der Waals surface area contributed by atoms with Crippen LogP contribution in [0.1, 0.15) is 32.7 Å². The van der Waals surface area contributed by atoms with Crippen LogP contribution < -0.4 is 10.6 Å². The van der Waals surface area contributed by atoms with Crippen LogP contribution in [-0.2, 0) is 6.42 Å². The second kappa shape index (κ2) is 8.29. The lowest BCUT2D eigenvalue weighted by Crippen LogP contribution is -2.42. The third-order valence-electron chi connectivity index (χ3n) is 4.27. The molecular formula is C20H21N3O3. The van der Waals surface area contributed by atoms with Crippen molar-refractivity contribution in [1.82, 2.24) is 15.5 Å². The van der Waals surface area contributed by atoms with Crippen LogP contribution in [-0.4, -0.2) is 42.4 Å². The van der Waals surface area contributed by atoms with Crippen molar-refractivity contribution in [3.05, 3.63) is 71.3 Å². The molecule has 0 spiro atoms. The molecule has 6 nitrogen and oxygen atoms in total. The Kier molecular flexibility index (Phi) is 5.63. The average Bonchev–Trinajstić information content (AvgIpc) is 2.91. The van der Waals surface area contributed by atoms with Crippen molar-refractivity contribution in [2.75, 3.05) is 19.6 Å². The van der Waals surface area contributed by atoms with Crippen LogP contribution in [0.4, 0.5) is 4.79 Å². The molecule has 3 rings (SSSR count). The van der Waals surface area contributed by atoms with E-state index in [0.29, 0.717) is 17.7 Å². The van der Waals surface area contributed by atoms with Crippen molar-refractivity contribution < 1.29 is 14.4 Å². The molecule has 2 aromatic carbocycles. The monoisotopic (exact) mass is 351 g/mol. The number of aryl methyl sites for hydroxylation is 1. The standard InChI is InChI=1S/C20H21N3O3/c24-18-16-10-4-5-11-17(16)19(25)23(18)14-13-22-20(26)21-12-6-9-15-7-2-1-3-8-15/h1-5,7-8,10-11H,6,9,12-14H2,(H2,21,22,26). The van der Waals surface area contributed by atoms with Gasteiger partial charge >= 0.3 is 6.03 Å². The number of benzene rings is 2. The summed E-state index contributed by atoms with van der Waals surface area (Å²) in [5, 5.41) is 5.46. The number of rotatable bonds is 7. The van der Waals surface area contributed by atoms with E-state index >= 15 is 0 Å². The Morgan fingerprint density at radius 1 is 0.808 bits per heavy atom. The van der Waals surface area contributed by atoms with E-state index in [0.717, 1.165) is 12.8 Å². The summed E-state index contributed by atoms with van der Waals surface area (Å²) >= 11 is 0. The molecule has 2 N–H and O–H groups in total. The van der Waals surface area contributed by atoms with Crippen LogP contribution in [0.15, 0.2) is 54.6 Å². The lowest BCUT2D eigenvalue weighted by atomic mass is 10.1. The molecule has 0 unspecified atom stereocenters. The zero-order valence-electron chi connectivity index (χ0n) is 14.4. The van der Waals surface area contributed by atoms with Crippen LogP contribution in [0.25, 0.3) is 0 Å². The fraction of sp³-hybridized carbons (Fsp3) is 0.250. The molecule has 0 bridgehead atoms. The molecule has 1 aliphatic rings. The van der Waals surface area contributed by atoms with Gasteiger partial charge in [-0.3, -0.25) is 14.5 Å². The van der Waals surface area contributed by atoms with Crippen LogP contribution in [0.5, 0.6) is 0 Å². The highest BCUT2D eigenvalue weighted by atomic mass is 16.2. The predicted molar refractivity (Wildman–Crippen MR) is 98.0 cm³/mol. The molecule has 134 valence electrons. The lowest BCUT2D eigenvalue weighted by molar-refractivity contribution is 0.0656. The highest BCUT2D eigenvalue weighted by Gasteiger charge is 2.34. The molecular weight excluding hydrogens is 330 g/mol. The molecule has 6 heteroatoms. The SMILES string of the molecule is O=C(NCCCc1ccccc1)NCCN1C(=O)c2ccccc2C1=O. The lowest BCUT2D eigenvalue weighted by Gasteiger charge is -2.14. The first-order valence-corrected chi connectivity index (χ1v) is 8.67. The van der Waals surface area contributed by atoms with Gasteiger partial charge in [-0.1, -0.05) is 42.5 Å². The molecule has 0 saturated carbocycles. The number of amides is 4. The molecule has 26 heavy (non-hydrogen) atoms. The van der Waals surface area contributed by atoms with Crippen molar-refractivity contribution in [1.29, 1.82) is 0 Å². The molecule has 1 heterocycles. The summed E-state index contributed by atoms with van der Waals surface area (Å²) in [4.78, 5) is 37.4. The number of imide groups is 1. The van der Waals surface area contributed by atoms with Gasteiger partial charge in [0, 0.05) is 19.6 Å². The van der Waals surface area contributed by atoms with Crippen molar-refractivity contribution in [2.45, 2.75) is 12.8 Å². The van der Waals surface area contributed by atoms with Crippen LogP contribution in [0.3, 0.4) is 0 Å². The third-order valence-corrected chi connectivity index (χ3v) is 4.27. The number of urea groups is 1. The second-order valence-electron chi connectivity index (χ2n) is 6.08. The summed E-state index contributed by atoms with van der Waals surface area (Å²) in [5.74, 6) is -0.619. The van der Waals surface area contributed by atoms with E-state index in [1.165, 1.54) is 10.5 Å². The smallest absolute Gasteiger partial charge is 0.314 e. The molecule has 0 atom stereocenters. The van der Waals surface area contributed by atoms with Gasteiger partial charge in [-0.2, -0.15) is 0 Å². The zero-order valence-corrected chi connectivity index (χ0v) is 14.4. The summed E-state index contributed by atoms with van der Waals surface area (Å²) in [5.41, 5.74) is 2.08. The minimum absolute atomic E-state index is 0.157. The van der Waals surface area contributed by atoms with E-state index in [-0.39, 0.29) is 30.9 Å². The minimum atomic E-state index is -0.310. The van der Waals surface area contributed by atoms with Gasteiger partial charge in [0.25, 0.3) is 11.8 Å². The molecule has 2 aromatic rings. The maximum absolute atomic E-state index is 12.2. The fourth-order valence-corrected chi connectivity index (χ4v) is 2.93. The number of carbonyl (C=O) groups excluding carboxylic acids is 3. The van der Waals surface area contributed by atoms with Crippen molar-refractivity contribution in [3.63, 3.8) is 0 Å². The van der Waals surface area contributed by atoms with E-state index in [1.54, 1.807) is 24.3 Å². The summed E-state index contributed by atoms with van der Waals surface area (Å²) < 4.78 is 0. The van der Waals surface area contributed by atoms with Crippen molar-refractivity contribution >= 4 is 17.8 Å². The normalized spacial score (nSPS) is 12.8. The second-order valence-corrected chi connectivity index (χ2v) is 6.08. The summed E-state index contributed by atoms with van der Waals surface area (Å²) in [6.07, 6.45) is 1.74. The van der Waals surface area contributed by atoms with Gasteiger partial charge in [0.15, 0.2) is 0 Å². The van der Waals surface area contributed by atoms with Crippen LogP contribution in [0.2, 0.25) is 0 Å². The van der Waals surface area contributed by atoms with E-state index in [9.17, 15) is 14.4 Å². The quantitative estimate of drug-likeness (QED) is 0.593. The molecule has 0 saturated heterocycles. The molecule has 0 fully saturated rings. The number of carbonyl (C=O) groups is 3. The maximum atomic E-state index is 12.2. The van der Waals surface area contributed by atoms with E-state index in [2.05, 4.69) is 22.8 Å². The Labute approximate surface area is 152 Å². The topological polar surface area (TPSA) is 78.5 Å². The van der Waals surface area contributed by atoms with Gasteiger partial charge in [-0.05, 0) is 30.5 Å². The Morgan fingerprint density at radius 3 is 2.04 bits per heavy atom. The van der Waals surface area contributed by atoms with Gasteiger partial charge in [-0.15, -0.1) is 0 Å².